The molecule has 0 atom stereocenters. The van der Waals surface area contributed by atoms with Crippen molar-refractivity contribution in [2.75, 3.05) is 7.11 Å². The van der Waals surface area contributed by atoms with Crippen LogP contribution in [0, 0.1) is 0 Å². The highest BCUT2D eigenvalue weighted by Gasteiger charge is 2.16. The third-order valence-corrected chi connectivity index (χ3v) is 2.12. The van der Waals surface area contributed by atoms with Crippen LogP contribution in [0.4, 0.5) is 0 Å². The van der Waals surface area contributed by atoms with Crippen LogP contribution in [0.3, 0.4) is 0 Å². The number of aromatic nitrogens is 3. The molecule has 2 heterocycles. The SMILES string of the molecule is COC(=O)c1cnc(O)nc1-c1cccnc1. The maximum Gasteiger partial charge on any atom is 0.341 e. The van der Waals surface area contributed by atoms with Gasteiger partial charge in [-0.3, -0.25) is 4.98 Å². The predicted molar refractivity (Wildman–Crippen MR) is 58.3 cm³/mol. The smallest absolute Gasteiger partial charge is 0.341 e. The summed E-state index contributed by atoms with van der Waals surface area (Å²) < 4.78 is 4.62. The monoisotopic (exact) mass is 231 g/mol. The molecule has 0 spiro atoms. The van der Waals surface area contributed by atoms with E-state index in [2.05, 4.69) is 19.7 Å². The quantitative estimate of drug-likeness (QED) is 0.777. The van der Waals surface area contributed by atoms with Gasteiger partial charge in [-0.2, -0.15) is 4.98 Å². The van der Waals surface area contributed by atoms with Crippen molar-refractivity contribution in [2.24, 2.45) is 0 Å². The van der Waals surface area contributed by atoms with Crippen LogP contribution in [-0.2, 0) is 4.74 Å². The molecule has 6 heteroatoms. The Kier molecular flexibility index (Phi) is 2.95. The number of carbonyl (C=O) groups excluding carboxylic acids is 1. The fraction of sp³-hybridized carbons (Fsp3) is 0.0909. The lowest BCUT2D eigenvalue weighted by molar-refractivity contribution is 0.0600. The summed E-state index contributed by atoms with van der Waals surface area (Å²) in [6.07, 6.45) is 4.35. The number of pyridine rings is 1. The first-order valence-electron chi connectivity index (χ1n) is 4.77. The van der Waals surface area contributed by atoms with Crippen LogP contribution in [0.5, 0.6) is 6.01 Å². The molecule has 0 bridgehead atoms. The number of ether oxygens (including phenoxy) is 1. The van der Waals surface area contributed by atoms with Crippen LogP contribution in [0.25, 0.3) is 11.3 Å². The third-order valence-electron chi connectivity index (χ3n) is 2.12. The van der Waals surface area contributed by atoms with Crippen molar-refractivity contribution in [2.45, 2.75) is 0 Å². The average molecular weight is 231 g/mol. The van der Waals surface area contributed by atoms with Gasteiger partial charge in [-0.25, -0.2) is 9.78 Å². The minimum atomic E-state index is -0.566. The zero-order valence-corrected chi connectivity index (χ0v) is 8.99. The number of hydrogen-bond donors (Lipinski definition) is 1. The van der Waals surface area contributed by atoms with E-state index in [1.54, 1.807) is 18.3 Å². The first-order chi connectivity index (χ1) is 8.22. The van der Waals surface area contributed by atoms with E-state index in [1.165, 1.54) is 19.5 Å². The molecule has 2 rings (SSSR count). The number of rotatable bonds is 2. The van der Waals surface area contributed by atoms with Crippen LogP contribution in [0.15, 0.2) is 30.7 Å². The van der Waals surface area contributed by atoms with Gasteiger partial charge < -0.3 is 9.84 Å². The van der Waals surface area contributed by atoms with E-state index in [0.717, 1.165) is 0 Å². The van der Waals surface area contributed by atoms with Gasteiger partial charge in [0.25, 0.3) is 0 Å². The van der Waals surface area contributed by atoms with Gasteiger partial charge in [-0.1, -0.05) is 0 Å². The van der Waals surface area contributed by atoms with E-state index in [4.69, 9.17) is 0 Å². The topological polar surface area (TPSA) is 85.2 Å². The lowest BCUT2D eigenvalue weighted by Gasteiger charge is -2.06. The molecule has 2 aromatic rings. The maximum atomic E-state index is 11.5. The molecule has 0 saturated heterocycles. The highest BCUT2D eigenvalue weighted by molar-refractivity contribution is 5.95. The minimum absolute atomic E-state index is 0.179. The molecule has 2 aromatic heterocycles. The van der Waals surface area contributed by atoms with Crippen molar-refractivity contribution >= 4 is 5.97 Å². The molecular formula is C11H9N3O3. The molecule has 0 fully saturated rings. The second kappa shape index (κ2) is 4.56. The van der Waals surface area contributed by atoms with E-state index in [1.807, 2.05) is 0 Å². The summed E-state index contributed by atoms with van der Waals surface area (Å²) in [5.74, 6) is -0.566. The first-order valence-corrected chi connectivity index (χ1v) is 4.77. The van der Waals surface area contributed by atoms with Gasteiger partial charge >= 0.3 is 12.0 Å². The Bertz CT molecular complexity index is 543. The Morgan fingerprint density at radius 1 is 1.41 bits per heavy atom. The Morgan fingerprint density at radius 2 is 2.24 bits per heavy atom. The van der Waals surface area contributed by atoms with Gasteiger partial charge in [-0.15, -0.1) is 0 Å². The number of nitrogens with zero attached hydrogens (tertiary/aromatic N) is 3. The van der Waals surface area contributed by atoms with E-state index in [-0.39, 0.29) is 11.3 Å². The molecule has 0 amide bonds. The number of carbonyl (C=O) groups is 1. The largest absolute Gasteiger partial charge is 0.479 e. The molecule has 17 heavy (non-hydrogen) atoms. The van der Waals surface area contributed by atoms with Gasteiger partial charge in [0.2, 0.25) is 0 Å². The standard InChI is InChI=1S/C11H9N3O3/c1-17-10(15)8-6-13-11(16)14-9(8)7-3-2-4-12-5-7/h2-6H,1H3,(H,13,14,16). The van der Waals surface area contributed by atoms with E-state index in [0.29, 0.717) is 5.56 Å². The van der Waals surface area contributed by atoms with Crippen LogP contribution in [0.2, 0.25) is 0 Å². The molecule has 0 aliphatic carbocycles. The van der Waals surface area contributed by atoms with Crippen molar-refractivity contribution in [3.8, 4) is 17.3 Å². The second-order valence-corrected chi connectivity index (χ2v) is 3.17. The molecule has 0 unspecified atom stereocenters. The summed E-state index contributed by atoms with van der Waals surface area (Å²) in [4.78, 5) is 22.8. The second-order valence-electron chi connectivity index (χ2n) is 3.17. The Balaban J connectivity index is 2.59. The molecule has 0 aliphatic heterocycles. The summed E-state index contributed by atoms with van der Waals surface area (Å²) in [5, 5.41) is 9.26. The fourth-order valence-electron chi connectivity index (χ4n) is 1.35. The molecule has 86 valence electrons. The van der Waals surface area contributed by atoms with Crippen molar-refractivity contribution in [1.82, 2.24) is 15.0 Å². The molecule has 0 radical (unpaired) electrons. The van der Waals surface area contributed by atoms with Crippen molar-refractivity contribution in [3.05, 3.63) is 36.3 Å². The zero-order chi connectivity index (χ0) is 12.3. The lowest BCUT2D eigenvalue weighted by atomic mass is 10.1. The minimum Gasteiger partial charge on any atom is -0.479 e. The average Bonchev–Trinajstić information content (AvgIpc) is 2.39. The van der Waals surface area contributed by atoms with Crippen LogP contribution in [-0.4, -0.2) is 33.1 Å². The van der Waals surface area contributed by atoms with E-state index < -0.39 is 12.0 Å². The first kappa shape index (κ1) is 11.0. The third kappa shape index (κ3) is 2.20. The zero-order valence-electron chi connectivity index (χ0n) is 8.99. The summed E-state index contributed by atoms with van der Waals surface area (Å²) in [6, 6.07) is 3.02. The van der Waals surface area contributed by atoms with Crippen molar-refractivity contribution in [3.63, 3.8) is 0 Å². The number of esters is 1. The fourth-order valence-corrected chi connectivity index (χ4v) is 1.35. The Labute approximate surface area is 96.9 Å². The molecule has 0 aliphatic rings. The Morgan fingerprint density at radius 3 is 2.88 bits per heavy atom. The number of methoxy groups -OCH3 is 1. The van der Waals surface area contributed by atoms with Crippen molar-refractivity contribution in [1.29, 1.82) is 0 Å². The highest BCUT2D eigenvalue weighted by Crippen LogP contribution is 2.22. The van der Waals surface area contributed by atoms with Crippen molar-refractivity contribution < 1.29 is 14.6 Å². The number of aromatic hydroxyl groups is 1. The van der Waals surface area contributed by atoms with Crippen LogP contribution < -0.4 is 0 Å². The summed E-state index contributed by atoms with van der Waals surface area (Å²) in [6.45, 7) is 0. The lowest BCUT2D eigenvalue weighted by Crippen LogP contribution is -2.06. The normalized spacial score (nSPS) is 9.94. The van der Waals surface area contributed by atoms with Gasteiger partial charge in [0.05, 0.1) is 12.8 Å². The van der Waals surface area contributed by atoms with Gasteiger partial charge in [-0.05, 0) is 12.1 Å². The highest BCUT2D eigenvalue weighted by atomic mass is 16.5. The van der Waals surface area contributed by atoms with E-state index >= 15 is 0 Å². The van der Waals surface area contributed by atoms with Gasteiger partial charge in [0.1, 0.15) is 5.56 Å². The van der Waals surface area contributed by atoms with Gasteiger partial charge in [0.15, 0.2) is 0 Å². The summed E-state index contributed by atoms with van der Waals surface area (Å²) in [5.41, 5.74) is 1.07. The molecule has 1 N–H and O–H groups in total. The van der Waals surface area contributed by atoms with Crippen LogP contribution in [0.1, 0.15) is 10.4 Å². The van der Waals surface area contributed by atoms with E-state index in [9.17, 15) is 9.90 Å². The predicted octanol–water partition coefficient (Wildman–Crippen LogP) is 1.03. The molecular weight excluding hydrogens is 222 g/mol. The number of hydrogen-bond acceptors (Lipinski definition) is 6. The maximum absolute atomic E-state index is 11.5. The Hall–Kier alpha value is -2.50. The molecule has 0 saturated carbocycles. The molecule has 6 nitrogen and oxygen atoms in total. The van der Waals surface area contributed by atoms with Gasteiger partial charge in [0, 0.05) is 24.2 Å². The van der Waals surface area contributed by atoms with Crippen LogP contribution >= 0.6 is 0 Å². The summed E-state index contributed by atoms with van der Waals surface area (Å²) in [7, 11) is 1.27. The molecule has 0 aromatic carbocycles. The summed E-state index contributed by atoms with van der Waals surface area (Å²) >= 11 is 0.